The molecule has 1 rings (SSSR count). The van der Waals surface area contributed by atoms with Gasteiger partial charge in [0.15, 0.2) is 5.12 Å². The molecule has 0 atom stereocenters. The third kappa shape index (κ3) is 6.03. The number of rotatable bonds is 3. The van der Waals surface area contributed by atoms with Crippen LogP contribution in [0.3, 0.4) is 0 Å². The lowest BCUT2D eigenvalue weighted by molar-refractivity contribution is -0.109. The second kappa shape index (κ2) is 7.81. The summed E-state index contributed by atoms with van der Waals surface area (Å²) in [7, 11) is 0. The summed E-state index contributed by atoms with van der Waals surface area (Å²) in [6.45, 7) is 1.56. The standard InChI is InChI=1S/C13H11NOS2/c1-11(15)17-9-3-2-4-12-5-7-13(8-6-12)14-10-16/h5-8H,3,9H2,1H3. The molecule has 0 aromatic heterocycles. The Labute approximate surface area is 111 Å². The molecule has 0 saturated carbocycles. The van der Waals surface area contributed by atoms with Gasteiger partial charge in [-0.3, -0.25) is 4.79 Å². The average molecular weight is 261 g/mol. The highest BCUT2D eigenvalue weighted by molar-refractivity contribution is 8.13. The first-order valence-electron chi connectivity index (χ1n) is 5.02. The van der Waals surface area contributed by atoms with Crippen molar-refractivity contribution in [3.8, 4) is 11.8 Å². The monoisotopic (exact) mass is 261 g/mol. The summed E-state index contributed by atoms with van der Waals surface area (Å²) in [5.41, 5.74) is 1.71. The highest BCUT2D eigenvalue weighted by Crippen LogP contribution is 2.11. The molecule has 0 bridgehead atoms. The van der Waals surface area contributed by atoms with Gasteiger partial charge in [-0.05, 0) is 36.5 Å². The fourth-order valence-corrected chi connectivity index (χ4v) is 1.68. The van der Waals surface area contributed by atoms with Crippen LogP contribution < -0.4 is 0 Å². The van der Waals surface area contributed by atoms with Crippen LogP contribution in [0.25, 0.3) is 0 Å². The highest BCUT2D eigenvalue weighted by atomic mass is 32.2. The Morgan fingerprint density at radius 2 is 2.12 bits per heavy atom. The lowest BCUT2D eigenvalue weighted by atomic mass is 10.2. The van der Waals surface area contributed by atoms with Crippen molar-refractivity contribution in [1.29, 1.82) is 0 Å². The molecule has 1 aromatic rings. The smallest absolute Gasteiger partial charge is 0.185 e. The van der Waals surface area contributed by atoms with Crippen LogP contribution in [0.15, 0.2) is 29.3 Å². The summed E-state index contributed by atoms with van der Waals surface area (Å²) >= 11 is 5.81. The van der Waals surface area contributed by atoms with Gasteiger partial charge in [-0.15, -0.1) is 0 Å². The van der Waals surface area contributed by atoms with Gasteiger partial charge in [0.2, 0.25) is 0 Å². The summed E-state index contributed by atoms with van der Waals surface area (Å²) in [4.78, 5) is 14.5. The fourth-order valence-electron chi connectivity index (χ4n) is 1.08. The van der Waals surface area contributed by atoms with Gasteiger partial charge in [-0.2, -0.15) is 4.99 Å². The van der Waals surface area contributed by atoms with Gasteiger partial charge in [0.05, 0.1) is 10.8 Å². The van der Waals surface area contributed by atoms with Gasteiger partial charge in [0.25, 0.3) is 0 Å². The molecule has 0 aliphatic heterocycles. The van der Waals surface area contributed by atoms with Crippen molar-refractivity contribution in [3.05, 3.63) is 29.8 Å². The first kappa shape index (κ1) is 13.7. The Hall–Kier alpha value is -1.40. The Morgan fingerprint density at radius 1 is 1.41 bits per heavy atom. The van der Waals surface area contributed by atoms with Crippen molar-refractivity contribution >= 4 is 39.9 Å². The third-order valence-electron chi connectivity index (χ3n) is 1.81. The van der Waals surface area contributed by atoms with E-state index in [-0.39, 0.29) is 5.12 Å². The van der Waals surface area contributed by atoms with E-state index in [1.807, 2.05) is 24.3 Å². The van der Waals surface area contributed by atoms with Crippen molar-refractivity contribution in [2.75, 3.05) is 5.75 Å². The maximum absolute atomic E-state index is 10.7. The fraction of sp³-hybridized carbons (Fsp3) is 0.231. The maximum Gasteiger partial charge on any atom is 0.185 e. The van der Waals surface area contributed by atoms with E-state index in [0.717, 1.165) is 17.0 Å². The molecule has 0 saturated heterocycles. The summed E-state index contributed by atoms with van der Waals surface area (Å²) in [5.74, 6) is 6.79. The number of hydrogen-bond donors (Lipinski definition) is 0. The molecule has 0 radical (unpaired) electrons. The minimum atomic E-state index is 0.133. The number of isothiocyanates is 1. The van der Waals surface area contributed by atoms with Gasteiger partial charge < -0.3 is 0 Å². The zero-order chi connectivity index (χ0) is 12.5. The van der Waals surface area contributed by atoms with Crippen LogP contribution in [-0.4, -0.2) is 16.0 Å². The Balaban J connectivity index is 2.49. The first-order valence-corrected chi connectivity index (χ1v) is 6.42. The minimum Gasteiger partial charge on any atom is -0.288 e. The Bertz CT molecular complexity index is 490. The van der Waals surface area contributed by atoms with E-state index in [9.17, 15) is 4.79 Å². The van der Waals surface area contributed by atoms with Crippen LogP contribution in [0.1, 0.15) is 18.9 Å². The van der Waals surface area contributed by atoms with Crippen LogP contribution in [0.4, 0.5) is 5.69 Å². The van der Waals surface area contributed by atoms with E-state index >= 15 is 0 Å². The molecule has 0 spiro atoms. The van der Waals surface area contributed by atoms with E-state index in [0.29, 0.717) is 6.42 Å². The maximum atomic E-state index is 10.7. The average Bonchev–Trinajstić information content (AvgIpc) is 2.31. The number of hydrogen-bond acceptors (Lipinski definition) is 4. The van der Waals surface area contributed by atoms with E-state index in [1.54, 1.807) is 6.92 Å². The van der Waals surface area contributed by atoms with Crippen molar-refractivity contribution in [2.24, 2.45) is 4.99 Å². The zero-order valence-corrected chi connectivity index (χ0v) is 11.0. The topological polar surface area (TPSA) is 29.4 Å². The molecule has 86 valence electrons. The van der Waals surface area contributed by atoms with Gasteiger partial charge >= 0.3 is 0 Å². The van der Waals surface area contributed by atoms with Crippen LogP contribution in [-0.2, 0) is 4.79 Å². The molecule has 1 aromatic carbocycles. The summed E-state index contributed by atoms with van der Waals surface area (Å²) in [5, 5.41) is 2.45. The summed E-state index contributed by atoms with van der Waals surface area (Å²) in [6, 6.07) is 7.45. The normalized spacial score (nSPS) is 8.76. The molecular weight excluding hydrogens is 250 g/mol. The van der Waals surface area contributed by atoms with E-state index in [4.69, 9.17) is 0 Å². The molecule has 4 heteroatoms. The minimum absolute atomic E-state index is 0.133. The number of thiocarbonyl (C=S) groups is 1. The number of aliphatic imine (C=N–C) groups is 1. The summed E-state index contributed by atoms with van der Waals surface area (Å²) in [6.07, 6.45) is 0.712. The van der Waals surface area contributed by atoms with Crippen LogP contribution >= 0.6 is 24.0 Å². The largest absolute Gasteiger partial charge is 0.288 e. The molecule has 0 N–H and O–H groups in total. The van der Waals surface area contributed by atoms with Crippen molar-refractivity contribution in [2.45, 2.75) is 13.3 Å². The second-order valence-corrected chi connectivity index (χ2v) is 4.60. The molecule has 0 heterocycles. The molecule has 0 aliphatic rings. The van der Waals surface area contributed by atoms with E-state index < -0.39 is 0 Å². The van der Waals surface area contributed by atoms with Gasteiger partial charge in [-0.1, -0.05) is 23.6 Å². The SMILES string of the molecule is CC(=O)SCCC#Cc1ccc(N=C=S)cc1. The Kier molecular flexibility index (Phi) is 6.27. The number of carbonyl (C=O) groups excluding carboxylic acids is 1. The van der Waals surface area contributed by atoms with Gasteiger partial charge in [0.1, 0.15) is 0 Å². The lowest BCUT2D eigenvalue weighted by Gasteiger charge is -1.92. The number of carbonyl (C=O) groups is 1. The highest BCUT2D eigenvalue weighted by Gasteiger charge is 1.91. The number of thioether (sulfide) groups is 1. The van der Waals surface area contributed by atoms with E-state index in [1.165, 1.54) is 11.8 Å². The molecule has 0 unspecified atom stereocenters. The number of nitrogens with zero attached hydrogens (tertiary/aromatic N) is 1. The molecule has 0 aliphatic carbocycles. The predicted molar refractivity (Wildman–Crippen MR) is 75.8 cm³/mol. The second-order valence-electron chi connectivity index (χ2n) is 3.14. The Morgan fingerprint density at radius 3 is 2.71 bits per heavy atom. The third-order valence-corrected chi connectivity index (χ3v) is 2.71. The van der Waals surface area contributed by atoms with Crippen molar-refractivity contribution in [3.63, 3.8) is 0 Å². The van der Waals surface area contributed by atoms with Crippen LogP contribution in [0, 0.1) is 11.8 Å². The first-order chi connectivity index (χ1) is 8.22. The summed E-state index contributed by atoms with van der Waals surface area (Å²) < 4.78 is 0. The molecule has 17 heavy (non-hydrogen) atoms. The van der Waals surface area contributed by atoms with Crippen LogP contribution in [0.2, 0.25) is 0 Å². The van der Waals surface area contributed by atoms with E-state index in [2.05, 4.69) is 34.2 Å². The van der Waals surface area contributed by atoms with Crippen molar-refractivity contribution in [1.82, 2.24) is 0 Å². The quantitative estimate of drug-likeness (QED) is 0.361. The molecule has 0 fully saturated rings. The predicted octanol–water partition coefficient (Wildman–Crippen LogP) is 3.44. The van der Waals surface area contributed by atoms with Gasteiger partial charge in [-0.25, -0.2) is 0 Å². The van der Waals surface area contributed by atoms with Crippen LogP contribution in [0.5, 0.6) is 0 Å². The van der Waals surface area contributed by atoms with Gasteiger partial charge in [0, 0.05) is 24.7 Å². The van der Waals surface area contributed by atoms with Crippen molar-refractivity contribution < 1.29 is 4.79 Å². The molecule has 0 amide bonds. The molecule has 2 nitrogen and oxygen atoms in total. The zero-order valence-electron chi connectivity index (χ0n) is 9.40. The number of benzene rings is 1. The molecular formula is C13H11NOS2. The lowest BCUT2D eigenvalue weighted by Crippen LogP contribution is -1.84.